The molecule has 1 aliphatic rings. The van der Waals surface area contributed by atoms with Gasteiger partial charge in [0.05, 0.1) is 7.11 Å². The van der Waals surface area contributed by atoms with Crippen LogP contribution < -0.4 is 10.5 Å². The van der Waals surface area contributed by atoms with E-state index in [1.165, 1.54) is 24.0 Å². The molecule has 2 nitrogen and oxygen atoms in total. The van der Waals surface area contributed by atoms with E-state index in [0.717, 1.165) is 12.2 Å². The largest absolute Gasteiger partial charge is 0.496 e. The second-order valence-electron chi connectivity index (χ2n) is 5.06. The molecule has 0 spiro atoms. The number of hydrogen-bond donors (Lipinski definition) is 1. The molecule has 1 atom stereocenters. The highest BCUT2D eigenvalue weighted by molar-refractivity contribution is 5.39. The van der Waals surface area contributed by atoms with Gasteiger partial charge in [0.15, 0.2) is 0 Å². The van der Waals surface area contributed by atoms with Crippen LogP contribution in [-0.2, 0) is 6.42 Å². The second-order valence-corrected chi connectivity index (χ2v) is 5.06. The average Bonchev–Trinajstić information content (AvgIpc) is 3.06. The van der Waals surface area contributed by atoms with Gasteiger partial charge in [-0.25, -0.2) is 0 Å². The SMILES string of the molecule is CCc1cc(C(N)C2(C)CC2)ccc1OC. The number of benzene rings is 1. The first-order chi connectivity index (χ1) is 7.60. The summed E-state index contributed by atoms with van der Waals surface area (Å²) in [6, 6.07) is 6.52. The molecule has 88 valence electrons. The first-order valence-corrected chi connectivity index (χ1v) is 6.03. The van der Waals surface area contributed by atoms with Crippen molar-refractivity contribution in [3.63, 3.8) is 0 Å². The topological polar surface area (TPSA) is 35.2 Å². The van der Waals surface area contributed by atoms with Crippen molar-refractivity contribution in [3.8, 4) is 5.75 Å². The molecule has 0 bridgehead atoms. The van der Waals surface area contributed by atoms with E-state index in [-0.39, 0.29) is 6.04 Å². The number of nitrogens with two attached hydrogens (primary N) is 1. The van der Waals surface area contributed by atoms with Crippen molar-refractivity contribution in [1.29, 1.82) is 0 Å². The minimum atomic E-state index is 0.170. The van der Waals surface area contributed by atoms with Gasteiger partial charge in [0.1, 0.15) is 5.75 Å². The van der Waals surface area contributed by atoms with Gasteiger partial charge in [0.25, 0.3) is 0 Å². The lowest BCUT2D eigenvalue weighted by molar-refractivity contribution is 0.408. The van der Waals surface area contributed by atoms with Crippen LogP contribution in [0.1, 0.15) is 43.9 Å². The fourth-order valence-corrected chi connectivity index (χ4v) is 2.18. The normalized spacial score (nSPS) is 19.2. The summed E-state index contributed by atoms with van der Waals surface area (Å²) in [7, 11) is 1.72. The third-order valence-corrected chi connectivity index (χ3v) is 3.83. The van der Waals surface area contributed by atoms with Crippen LogP contribution in [-0.4, -0.2) is 7.11 Å². The Morgan fingerprint density at radius 3 is 2.62 bits per heavy atom. The highest BCUT2D eigenvalue weighted by Crippen LogP contribution is 2.53. The highest BCUT2D eigenvalue weighted by Gasteiger charge is 2.43. The van der Waals surface area contributed by atoms with E-state index in [2.05, 4.69) is 26.0 Å². The molecule has 0 amide bonds. The van der Waals surface area contributed by atoms with Gasteiger partial charge in [0, 0.05) is 6.04 Å². The van der Waals surface area contributed by atoms with Gasteiger partial charge in [-0.15, -0.1) is 0 Å². The molecule has 1 saturated carbocycles. The van der Waals surface area contributed by atoms with Crippen LogP contribution in [0.25, 0.3) is 0 Å². The van der Waals surface area contributed by atoms with Gasteiger partial charge in [-0.1, -0.05) is 26.0 Å². The molecule has 16 heavy (non-hydrogen) atoms. The third-order valence-electron chi connectivity index (χ3n) is 3.83. The molecular formula is C14H21NO. The zero-order valence-corrected chi connectivity index (χ0v) is 10.4. The molecule has 0 radical (unpaired) electrons. The summed E-state index contributed by atoms with van der Waals surface area (Å²) in [5.74, 6) is 0.972. The number of methoxy groups -OCH3 is 1. The molecule has 1 aliphatic carbocycles. The van der Waals surface area contributed by atoms with E-state index in [4.69, 9.17) is 10.5 Å². The highest BCUT2D eigenvalue weighted by atomic mass is 16.5. The van der Waals surface area contributed by atoms with Crippen molar-refractivity contribution >= 4 is 0 Å². The van der Waals surface area contributed by atoms with Crippen molar-refractivity contribution in [2.75, 3.05) is 7.11 Å². The summed E-state index contributed by atoms with van der Waals surface area (Å²) >= 11 is 0. The summed E-state index contributed by atoms with van der Waals surface area (Å²) in [6.45, 7) is 4.42. The van der Waals surface area contributed by atoms with Crippen molar-refractivity contribution in [3.05, 3.63) is 29.3 Å². The summed E-state index contributed by atoms with van der Waals surface area (Å²) in [5, 5.41) is 0. The van der Waals surface area contributed by atoms with E-state index in [1.807, 2.05) is 6.07 Å². The van der Waals surface area contributed by atoms with E-state index in [1.54, 1.807) is 7.11 Å². The molecule has 1 fully saturated rings. The van der Waals surface area contributed by atoms with Crippen molar-refractivity contribution in [2.45, 2.75) is 39.2 Å². The summed E-state index contributed by atoms with van der Waals surface area (Å²) in [5.41, 5.74) is 9.14. The molecule has 2 heteroatoms. The van der Waals surface area contributed by atoms with Gasteiger partial charge in [-0.3, -0.25) is 0 Å². The average molecular weight is 219 g/mol. The molecule has 1 unspecified atom stereocenters. The van der Waals surface area contributed by atoms with Crippen LogP contribution in [0.5, 0.6) is 5.75 Å². The smallest absolute Gasteiger partial charge is 0.122 e. The fraction of sp³-hybridized carbons (Fsp3) is 0.571. The van der Waals surface area contributed by atoms with Crippen LogP contribution in [0.2, 0.25) is 0 Å². The number of rotatable bonds is 4. The standard InChI is InChI=1S/C14H21NO/c1-4-10-9-11(5-6-12(10)16-3)13(15)14(2)7-8-14/h5-6,9,13H,4,7-8,15H2,1-3H3. The van der Waals surface area contributed by atoms with E-state index >= 15 is 0 Å². The number of aryl methyl sites for hydroxylation is 1. The number of ether oxygens (including phenoxy) is 1. The Labute approximate surface area is 97.8 Å². The van der Waals surface area contributed by atoms with Crippen LogP contribution in [0.15, 0.2) is 18.2 Å². The van der Waals surface area contributed by atoms with Crippen molar-refractivity contribution in [1.82, 2.24) is 0 Å². The van der Waals surface area contributed by atoms with Crippen molar-refractivity contribution < 1.29 is 4.74 Å². The Morgan fingerprint density at radius 1 is 1.44 bits per heavy atom. The molecule has 0 aromatic heterocycles. The van der Waals surface area contributed by atoms with Crippen LogP contribution in [0.4, 0.5) is 0 Å². The summed E-state index contributed by atoms with van der Waals surface area (Å²) in [6.07, 6.45) is 3.49. The van der Waals surface area contributed by atoms with Gasteiger partial charge in [0.2, 0.25) is 0 Å². The summed E-state index contributed by atoms with van der Waals surface area (Å²) < 4.78 is 5.33. The molecule has 1 aromatic carbocycles. The minimum Gasteiger partial charge on any atom is -0.496 e. The molecule has 2 N–H and O–H groups in total. The predicted molar refractivity (Wildman–Crippen MR) is 66.6 cm³/mol. The minimum absolute atomic E-state index is 0.170. The molecule has 0 aliphatic heterocycles. The lowest BCUT2D eigenvalue weighted by Crippen LogP contribution is -2.20. The van der Waals surface area contributed by atoms with Crippen LogP contribution in [0.3, 0.4) is 0 Å². The van der Waals surface area contributed by atoms with E-state index in [9.17, 15) is 0 Å². The Morgan fingerprint density at radius 2 is 2.12 bits per heavy atom. The Hall–Kier alpha value is -1.02. The van der Waals surface area contributed by atoms with Gasteiger partial charge in [-0.2, -0.15) is 0 Å². The van der Waals surface area contributed by atoms with E-state index in [0.29, 0.717) is 5.41 Å². The summed E-state index contributed by atoms with van der Waals surface area (Å²) in [4.78, 5) is 0. The molecule has 0 heterocycles. The van der Waals surface area contributed by atoms with Gasteiger partial charge < -0.3 is 10.5 Å². The first kappa shape index (κ1) is 11.5. The Kier molecular flexibility index (Phi) is 2.94. The van der Waals surface area contributed by atoms with Gasteiger partial charge >= 0.3 is 0 Å². The monoisotopic (exact) mass is 219 g/mol. The van der Waals surface area contributed by atoms with Gasteiger partial charge in [-0.05, 0) is 41.9 Å². The maximum absolute atomic E-state index is 6.31. The lowest BCUT2D eigenvalue weighted by atomic mass is 9.91. The van der Waals surface area contributed by atoms with Crippen LogP contribution >= 0.6 is 0 Å². The Balaban J connectivity index is 2.28. The van der Waals surface area contributed by atoms with Crippen molar-refractivity contribution in [2.24, 2.45) is 11.1 Å². The second kappa shape index (κ2) is 4.10. The van der Waals surface area contributed by atoms with E-state index < -0.39 is 0 Å². The predicted octanol–water partition coefficient (Wildman–Crippen LogP) is 3.06. The van der Waals surface area contributed by atoms with Crippen LogP contribution in [0, 0.1) is 5.41 Å². The molecule has 0 saturated heterocycles. The fourth-order valence-electron chi connectivity index (χ4n) is 2.18. The zero-order valence-electron chi connectivity index (χ0n) is 10.4. The number of hydrogen-bond acceptors (Lipinski definition) is 2. The maximum atomic E-state index is 6.31. The molecule has 1 aromatic rings. The quantitative estimate of drug-likeness (QED) is 0.844. The lowest BCUT2D eigenvalue weighted by Gasteiger charge is -2.20. The maximum Gasteiger partial charge on any atom is 0.122 e. The zero-order chi connectivity index (χ0) is 11.8. The Bertz CT molecular complexity index is 382. The first-order valence-electron chi connectivity index (χ1n) is 6.03. The molecular weight excluding hydrogens is 198 g/mol. The third kappa shape index (κ3) is 1.94. The molecule has 2 rings (SSSR count).